The first-order valence-corrected chi connectivity index (χ1v) is 6.94. The van der Waals surface area contributed by atoms with Crippen molar-refractivity contribution in [1.82, 2.24) is 0 Å². The van der Waals surface area contributed by atoms with Crippen molar-refractivity contribution in [1.29, 1.82) is 0 Å². The minimum atomic E-state index is -2.85. The molecule has 0 fully saturated rings. The van der Waals surface area contributed by atoms with Gasteiger partial charge in [0.05, 0.1) is 0 Å². The van der Waals surface area contributed by atoms with Crippen LogP contribution >= 0.6 is 31.9 Å². The molecular weight excluding hydrogens is 366 g/mol. The van der Waals surface area contributed by atoms with E-state index in [-0.39, 0.29) is 12.0 Å². The van der Waals surface area contributed by atoms with E-state index in [1.165, 1.54) is 12.1 Å². The monoisotopic (exact) mass is 374 g/mol. The zero-order valence-electron chi connectivity index (χ0n) is 9.34. The lowest BCUT2D eigenvalue weighted by atomic mass is 10.0. The molecule has 2 aromatic rings. The van der Waals surface area contributed by atoms with E-state index in [9.17, 15) is 8.78 Å². The number of rotatable bonds is 3. The quantitative estimate of drug-likeness (QED) is 0.660. The first-order chi connectivity index (χ1) is 8.47. The van der Waals surface area contributed by atoms with Crippen LogP contribution < -0.4 is 0 Å². The maximum absolute atomic E-state index is 14.0. The van der Waals surface area contributed by atoms with Crippen LogP contribution in [0.3, 0.4) is 0 Å². The first-order valence-electron chi connectivity index (χ1n) is 5.36. The third kappa shape index (κ3) is 3.39. The highest BCUT2D eigenvalue weighted by atomic mass is 79.9. The Hall–Kier alpha value is -0.740. The van der Waals surface area contributed by atoms with Gasteiger partial charge in [0.2, 0.25) is 0 Å². The molecule has 0 aliphatic heterocycles. The SMILES string of the molecule is FC(F)(Cc1ccc(Br)cc1)c1ccc(Br)cc1. The molecule has 2 rings (SSSR count). The fourth-order valence-corrected chi connectivity index (χ4v) is 2.18. The topological polar surface area (TPSA) is 0 Å². The van der Waals surface area contributed by atoms with E-state index in [0.717, 1.165) is 8.95 Å². The highest BCUT2D eigenvalue weighted by molar-refractivity contribution is 9.10. The number of halogens is 4. The number of alkyl halides is 2. The van der Waals surface area contributed by atoms with Gasteiger partial charge in [-0.1, -0.05) is 56.1 Å². The second kappa shape index (κ2) is 5.49. The van der Waals surface area contributed by atoms with E-state index in [1.807, 2.05) is 0 Å². The molecule has 0 atom stereocenters. The molecule has 0 heterocycles. The molecule has 4 heteroatoms. The highest BCUT2D eigenvalue weighted by Crippen LogP contribution is 2.32. The van der Waals surface area contributed by atoms with Gasteiger partial charge in [0.25, 0.3) is 5.92 Å². The predicted octanol–water partition coefficient (Wildman–Crippen LogP) is 5.55. The fraction of sp³-hybridized carbons (Fsp3) is 0.143. The molecule has 0 saturated heterocycles. The minimum absolute atomic E-state index is 0.0358. The van der Waals surface area contributed by atoms with Gasteiger partial charge in [0.15, 0.2) is 0 Å². The second-order valence-electron chi connectivity index (χ2n) is 4.01. The van der Waals surface area contributed by atoms with E-state index in [4.69, 9.17) is 0 Å². The molecule has 0 aliphatic rings. The van der Waals surface area contributed by atoms with Crippen molar-refractivity contribution in [2.45, 2.75) is 12.3 Å². The molecule has 0 saturated carbocycles. The molecule has 2 aromatic carbocycles. The number of hydrogen-bond acceptors (Lipinski definition) is 0. The van der Waals surface area contributed by atoms with E-state index >= 15 is 0 Å². The minimum Gasteiger partial charge on any atom is -0.201 e. The maximum atomic E-state index is 14.0. The van der Waals surface area contributed by atoms with Gasteiger partial charge in [0.1, 0.15) is 0 Å². The zero-order valence-corrected chi connectivity index (χ0v) is 12.5. The normalized spacial score (nSPS) is 11.6. The van der Waals surface area contributed by atoms with E-state index in [2.05, 4.69) is 31.9 Å². The summed E-state index contributed by atoms with van der Waals surface area (Å²) in [6.45, 7) is 0. The van der Waals surface area contributed by atoms with Crippen LogP contribution in [0.2, 0.25) is 0 Å². The molecule has 0 amide bonds. The van der Waals surface area contributed by atoms with Gasteiger partial charge in [-0.3, -0.25) is 0 Å². The first kappa shape index (κ1) is 13.7. The molecule has 0 spiro atoms. The highest BCUT2D eigenvalue weighted by Gasteiger charge is 2.31. The Kier molecular flexibility index (Phi) is 4.17. The summed E-state index contributed by atoms with van der Waals surface area (Å²) < 4.78 is 29.8. The summed E-state index contributed by atoms with van der Waals surface area (Å²) in [6.07, 6.45) is -0.290. The van der Waals surface area contributed by atoms with E-state index in [0.29, 0.717) is 5.56 Å². The van der Waals surface area contributed by atoms with Crippen molar-refractivity contribution in [3.63, 3.8) is 0 Å². The predicted molar refractivity (Wildman–Crippen MR) is 75.9 cm³/mol. The third-order valence-corrected chi connectivity index (χ3v) is 3.66. The number of hydrogen-bond donors (Lipinski definition) is 0. The Labute approximate surface area is 121 Å². The Morgan fingerprint density at radius 3 is 1.72 bits per heavy atom. The van der Waals surface area contributed by atoms with E-state index < -0.39 is 5.92 Å². The van der Waals surface area contributed by atoms with Crippen LogP contribution in [-0.4, -0.2) is 0 Å². The molecule has 94 valence electrons. The fourth-order valence-electron chi connectivity index (χ4n) is 1.65. The zero-order chi connectivity index (χ0) is 13.2. The van der Waals surface area contributed by atoms with Crippen LogP contribution in [0.4, 0.5) is 8.78 Å². The summed E-state index contributed by atoms with van der Waals surface area (Å²) in [5, 5.41) is 0. The van der Waals surface area contributed by atoms with Gasteiger partial charge in [-0.25, -0.2) is 8.78 Å². The van der Waals surface area contributed by atoms with Gasteiger partial charge in [-0.05, 0) is 29.8 Å². The van der Waals surface area contributed by atoms with Gasteiger partial charge < -0.3 is 0 Å². The van der Waals surface area contributed by atoms with Gasteiger partial charge in [-0.15, -0.1) is 0 Å². The van der Waals surface area contributed by atoms with Crippen LogP contribution in [0, 0.1) is 0 Å². The summed E-state index contributed by atoms with van der Waals surface area (Å²) in [4.78, 5) is 0. The Morgan fingerprint density at radius 2 is 1.22 bits per heavy atom. The van der Waals surface area contributed by atoms with Gasteiger partial charge in [-0.2, -0.15) is 0 Å². The largest absolute Gasteiger partial charge is 0.277 e. The van der Waals surface area contributed by atoms with Crippen LogP contribution in [0.25, 0.3) is 0 Å². The summed E-state index contributed by atoms with van der Waals surface area (Å²) in [5.41, 5.74) is 0.653. The molecule has 18 heavy (non-hydrogen) atoms. The molecule has 0 radical (unpaired) electrons. The van der Waals surface area contributed by atoms with Crippen LogP contribution in [0.1, 0.15) is 11.1 Å². The smallest absolute Gasteiger partial charge is 0.201 e. The Morgan fingerprint density at radius 1 is 0.778 bits per heavy atom. The standard InChI is InChI=1S/C14H10Br2F2/c15-12-5-1-10(2-6-12)9-14(17,18)11-3-7-13(16)8-4-11/h1-8H,9H2. The lowest BCUT2D eigenvalue weighted by Gasteiger charge is -2.17. The lowest BCUT2D eigenvalue weighted by molar-refractivity contribution is -0.00383. The van der Waals surface area contributed by atoms with Crippen molar-refractivity contribution >= 4 is 31.9 Å². The van der Waals surface area contributed by atoms with Gasteiger partial charge in [0, 0.05) is 20.9 Å². The number of benzene rings is 2. The van der Waals surface area contributed by atoms with Crippen LogP contribution in [0.15, 0.2) is 57.5 Å². The molecule has 0 unspecified atom stereocenters. The average molecular weight is 376 g/mol. The summed E-state index contributed by atoms with van der Waals surface area (Å²) in [7, 11) is 0. The summed E-state index contributed by atoms with van der Waals surface area (Å²) in [6, 6.07) is 13.1. The van der Waals surface area contributed by atoms with Crippen LogP contribution in [0.5, 0.6) is 0 Å². The Balaban J connectivity index is 2.20. The molecule has 0 nitrogen and oxygen atoms in total. The summed E-state index contributed by atoms with van der Waals surface area (Å²) in [5.74, 6) is -2.85. The van der Waals surface area contributed by atoms with Crippen molar-refractivity contribution in [3.8, 4) is 0 Å². The lowest BCUT2D eigenvalue weighted by Crippen LogP contribution is -2.16. The molecule has 0 N–H and O–H groups in total. The van der Waals surface area contributed by atoms with Crippen LogP contribution in [-0.2, 0) is 12.3 Å². The van der Waals surface area contributed by atoms with E-state index in [1.54, 1.807) is 36.4 Å². The van der Waals surface area contributed by atoms with Gasteiger partial charge >= 0.3 is 0 Å². The van der Waals surface area contributed by atoms with Crippen molar-refractivity contribution < 1.29 is 8.78 Å². The third-order valence-electron chi connectivity index (χ3n) is 2.61. The molecule has 0 bridgehead atoms. The van der Waals surface area contributed by atoms with Crippen molar-refractivity contribution in [2.24, 2.45) is 0 Å². The van der Waals surface area contributed by atoms with Crippen molar-refractivity contribution in [3.05, 3.63) is 68.6 Å². The molecule has 0 aliphatic carbocycles. The average Bonchev–Trinajstić information content (AvgIpc) is 2.32. The maximum Gasteiger partial charge on any atom is 0.277 e. The molecular formula is C14H10Br2F2. The Bertz CT molecular complexity index is 518. The summed E-state index contributed by atoms with van der Waals surface area (Å²) >= 11 is 6.52. The second-order valence-corrected chi connectivity index (χ2v) is 5.85. The van der Waals surface area contributed by atoms with Crippen molar-refractivity contribution in [2.75, 3.05) is 0 Å². The molecule has 0 aromatic heterocycles.